The van der Waals surface area contributed by atoms with Crippen LogP contribution in [0.4, 0.5) is 23.2 Å². The molecule has 0 radical (unpaired) electrons. The van der Waals surface area contributed by atoms with Crippen LogP contribution < -0.4 is 4.90 Å². The molecule has 0 N–H and O–H groups in total. The molecule has 0 aromatic carbocycles. The van der Waals surface area contributed by atoms with Crippen molar-refractivity contribution in [1.29, 1.82) is 5.26 Å². The third-order valence-electron chi connectivity index (χ3n) is 6.12. The Morgan fingerprint density at radius 2 is 2.00 bits per heavy atom. The summed E-state index contributed by atoms with van der Waals surface area (Å²) in [6, 6.07) is 4.98. The number of pyridine rings is 1. The molecular weight excluding hydrogens is 514 g/mol. The summed E-state index contributed by atoms with van der Waals surface area (Å²) in [6.07, 6.45) is 2.63. The average Bonchev–Trinajstić information content (AvgIpc) is 3.39. The van der Waals surface area contributed by atoms with Gasteiger partial charge in [0.25, 0.3) is 5.91 Å². The summed E-state index contributed by atoms with van der Waals surface area (Å²) in [7, 11) is 0. The zero-order chi connectivity index (χ0) is 26.3. The molecule has 0 bridgehead atoms. The Kier molecular flexibility index (Phi) is 6.99. The van der Waals surface area contributed by atoms with Gasteiger partial charge in [0.15, 0.2) is 5.11 Å². The highest BCUT2D eigenvalue weighted by atomic mass is 32.1. The number of allylic oxidation sites excluding steroid dienone is 3. The lowest BCUT2D eigenvalue weighted by Crippen LogP contribution is -2.44. The SMILES string of the molecule is CC1(C)C(=O)N(C2=C(F)C(C(F)(F)F)C(C#N)C=C2)C(=S)N1c1ccc(CCCc2nccs2)nc1. The topological polar surface area (TPSA) is 73.1 Å². The molecule has 2 aromatic heterocycles. The van der Waals surface area contributed by atoms with Gasteiger partial charge in [-0.25, -0.2) is 9.37 Å². The predicted octanol–water partition coefficient (Wildman–Crippen LogP) is 5.49. The highest BCUT2D eigenvalue weighted by molar-refractivity contribution is 7.80. The minimum Gasteiger partial charge on any atom is -0.302 e. The molecule has 12 heteroatoms. The number of aryl methyl sites for hydroxylation is 2. The van der Waals surface area contributed by atoms with E-state index >= 15 is 4.39 Å². The second-order valence-electron chi connectivity index (χ2n) is 8.87. The molecule has 1 amide bonds. The smallest absolute Gasteiger partial charge is 0.302 e. The van der Waals surface area contributed by atoms with Crippen molar-refractivity contribution in [2.45, 2.75) is 44.8 Å². The van der Waals surface area contributed by atoms with E-state index in [1.807, 2.05) is 5.38 Å². The quantitative estimate of drug-likeness (QED) is 0.360. The van der Waals surface area contributed by atoms with Crippen LogP contribution in [0.15, 0.2) is 53.6 Å². The lowest BCUT2D eigenvalue weighted by Gasteiger charge is -2.29. The molecule has 4 rings (SSSR count). The number of thiocarbonyl (C=S) groups is 1. The molecule has 1 saturated heterocycles. The number of aromatic nitrogens is 2. The first-order valence-corrected chi connectivity index (χ1v) is 12.3. The summed E-state index contributed by atoms with van der Waals surface area (Å²) in [4.78, 5) is 24.2. The van der Waals surface area contributed by atoms with Gasteiger partial charge in [-0.05, 0) is 63.5 Å². The van der Waals surface area contributed by atoms with E-state index in [2.05, 4.69) is 9.97 Å². The number of anilines is 1. The Bertz CT molecular complexity index is 1260. The summed E-state index contributed by atoms with van der Waals surface area (Å²) < 4.78 is 55.9. The highest BCUT2D eigenvalue weighted by Gasteiger charge is 2.55. The van der Waals surface area contributed by atoms with Crippen molar-refractivity contribution in [2.24, 2.45) is 11.8 Å². The van der Waals surface area contributed by atoms with E-state index < -0.39 is 41.0 Å². The minimum absolute atomic E-state index is 0.172. The number of hydrogen-bond donors (Lipinski definition) is 0. The summed E-state index contributed by atoms with van der Waals surface area (Å²) in [5.41, 5.74) is -0.652. The van der Waals surface area contributed by atoms with E-state index in [9.17, 15) is 18.0 Å². The van der Waals surface area contributed by atoms with Crippen LogP contribution in [0.25, 0.3) is 0 Å². The normalized spacial score (nSPS) is 21.9. The van der Waals surface area contributed by atoms with Crippen LogP contribution in [-0.4, -0.2) is 37.6 Å². The van der Waals surface area contributed by atoms with Gasteiger partial charge in [-0.2, -0.15) is 18.4 Å². The number of carbonyl (C=O) groups excluding carboxylic acids is 1. The molecule has 1 aliphatic carbocycles. The number of alkyl halides is 3. The molecule has 2 unspecified atom stereocenters. The number of carbonyl (C=O) groups is 1. The van der Waals surface area contributed by atoms with Gasteiger partial charge in [-0.1, -0.05) is 6.08 Å². The fourth-order valence-electron chi connectivity index (χ4n) is 4.28. The van der Waals surface area contributed by atoms with Gasteiger partial charge in [0.2, 0.25) is 0 Å². The first kappa shape index (κ1) is 25.9. The number of halogens is 4. The maximum atomic E-state index is 15.2. The van der Waals surface area contributed by atoms with Gasteiger partial charge in [-0.15, -0.1) is 11.3 Å². The second-order valence-corrected chi connectivity index (χ2v) is 10.2. The molecule has 0 spiro atoms. The second kappa shape index (κ2) is 9.71. The zero-order valence-corrected chi connectivity index (χ0v) is 20.9. The van der Waals surface area contributed by atoms with Gasteiger partial charge < -0.3 is 4.90 Å². The van der Waals surface area contributed by atoms with Crippen LogP contribution in [0.5, 0.6) is 0 Å². The lowest BCUT2D eigenvalue weighted by molar-refractivity contribution is -0.174. The van der Waals surface area contributed by atoms with E-state index in [-0.39, 0.29) is 5.11 Å². The molecule has 3 heterocycles. The van der Waals surface area contributed by atoms with Crippen molar-refractivity contribution in [2.75, 3.05) is 4.90 Å². The van der Waals surface area contributed by atoms with Crippen LogP contribution in [0, 0.1) is 23.2 Å². The molecule has 6 nitrogen and oxygen atoms in total. The molecule has 2 aromatic rings. The summed E-state index contributed by atoms with van der Waals surface area (Å²) >= 11 is 7.05. The van der Waals surface area contributed by atoms with Gasteiger partial charge in [0, 0.05) is 17.3 Å². The van der Waals surface area contributed by atoms with E-state index in [0.717, 1.165) is 40.6 Å². The standard InChI is InChI=1S/C24H21F4N5OS2/c1-23(2)21(34)32(17-9-6-14(12-29)19(20(17)25)24(26,27)28)22(35)33(23)16-8-7-15(31-13-16)4-3-5-18-30-10-11-36-18/h6-11,13-14,19H,3-5H2,1-2H3. The number of hydrogen-bond acceptors (Lipinski definition) is 6. The fraction of sp³-hybridized carbons (Fsp3) is 0.375. The Morgan fingerprint density at radius 1 is 1.25 bits per heavy atom. The van der Waals surface area contributed by atoms with Crippen LogP contribution in [0.1, 0.15) is 31.0 Å². The first-order valence-electron chi connectivity index (χ1n) is 11.0. The number of nitriles is 1. The number of rotatable bonds is 6. The van der Waals surface area contributed by atoms with Gasteiger partial charge in [0.1, 0.15) is 17.3 Å². The number of thiazole rings is 1. The maximum Gasteiger partial charge on any atom is 0.399 e. The highest BCUT2D eigenvalue weighted by Crippen LogP contribution is 2.45. The molecule has 1 aliphatic heterocycles. The monoisotopic (exact) mass is 535 g/mol. The Morgan fingerprint density at radius 3 is 2.58 bits per heavy atom. The van der Waals surface area contributed by atoms with Gasteiger partial charge in [0.05, 0.1) is 34.6 Å². The molecule has 0 saturated carbocycles. The van der Waals surface area contributed by atoms with E-state index in [1.54, 1.807) is 43.5 Å². The molecule has 36 heavy (non-hydrogen) atoms. The van der Waals surface area contributed by atoms with Crippen molar-refractivity contribution < 1.29 is 22.4 Å². The molecule has 188 valence electrons. The Balaban J connectivity index is 1.58. The summed E-state index contributed by atoms with van der Waals surface area (Å²) in [6.45, 7) is 3.10. The van der Waals surface area contributed by atoms with Crippen molar-refractivity contribution in [3.8, 4) is 6.07 Å². The lowest BCUT2D eigenvalue weighted by atomic mass is 9.86. The van der Waals surface area contributed by atoms with Crippen molar-refractivity contribution >= 4 is 40.3 Å². The van der Waals surface area contributed by atoms with E-state index in [1.165, 1.54) is 17.2 Å². The third kappa shape index (κ3) is 4.65. The Labute approximate surface area is 214 Å². The first-order chi connectivity index (χ1) is 17.0. The van der Waals surface area contributed by atoms with E-state index in [4.69, 9.17) is 17.5 Å². The van der Waals surface area contributed by atoms with Crippen LogP contribution in [0.2, 0.25) is 0 Å². The number of amides is 1. The molecule has 2 aliphatic rings. The summed E-state index contributed by atoms with van der Waals surface area (Å²) in [5.74, 6) is -6.72. The van der Waals surface area contributed by atoms with Crippen molar-refractivity contribution in [3.63, 3.8) is 0 Å². The molecule has 1 fully saturated rings. The van der Waals surface area contributed by atoms with Crippen molar-refractivity contribution in [1.82, 2.24) is 14.9 Å². The minimum atomic E-state index is -5.01. The third-order valence-corrected chi connectivity index (χ3v) is 7.33. The average molecular weight is 536 g/mol. The van der Waals surface area contributed by atoms with E-state index in [0.29, 0.717) is 12.1 Å². The maximum absolute atomic E-state index is 15.2. The Hall–Kier alpha value is -3.17. The zero-order valence-electron chi connectivity index (χ0n) is 19.3. The van der Waals surface area contributed by atoms with Gasteiger partial charge >= 0.3 is 6.18 Å². The summed E-state index contributed by atoms with van der Waals surface area (Å²) in [5, 5.41) is 11.9. The van der Waals surface area contributed by atoms with Crippen molar-refractivity contribution in [3.05, 3.63) is 64.3 Å². The molecular formula is C24H21F4N5OS2. The van der Waals surface area contributed by atoms with Crippen LogP contribution >= 0.6 is 23.6 Å². The fourth-order valence-corrected chi connectivity index (χ4v) is 5.46. The van der Waals surface area contributed by atoms with Crippen LogP contribution in [0.3, 0.4) is 0 Å². The number of nitrogens with zero attached hydrogens (tertiary/aromatic N) is 5. The predicted molar refractivity (Wildman–Crippen MR) is 130 cm³/mol. The largest absolute Gasteiger partial charge is 0.399 e. The molecule has 2 atom stereocenters. The van der Waals surface area contributed by atoms with Gasteiger partial charge in [-0.3, -0.25) is 14.7 Å². The van der Waals surface area contributed by atoms with Crippen LogP contribution in [-0.2, 0) is 17.6 Å².